The van der Waals surface area contributed by atoms with Crippen LogP contribution in [0.25, 0.3) is 12.2 Å². The number of ketones is 1. The summed E-state index contributed by atoms with van der Waals surface area (Å²) in [6.07, 6.45) is 5.32. The van der Waals surface area contributed by atoms with Gasteiger partial charge in [-0.3, -0.25) is 29.3 Å². The highest BCUT2D eigenvalue weighted by Gasteiger charge is 2.27. The number of carbonyl (C=O) groups excluding carboxylic acids is 2. The van der Waals surface area contributed by atoms with Gasteiger partial charge < -0.3 is 19.1 Å². The summed E-state index contributed by atoms with van der Waals surface area (Å²) in [5.74, 6) is -0.101. The first-order valence-corrected chi connectivity index (χ1v) is 26.4. The summed E-state index contributed by atoms with van der Waals surface area (Å²) in [7, 11) is 4.14. The van der Waals surface area contributed by atoms with E-state index in [1.807, 2.05) is 19.2 Å². The fourth-order valence-corrected chi connectivity index (χ4v) is 7.31. The fraction of sp³-hybridized carbons (Fsp3) is 0.639. The molecule has 72 heavy (non-hydrogen) atoms. The molecule has 11 nitrogen and oxygen atoms in total. The summed E-state index contributed by atoms with van der Waals surface area (Å²) in [5.41, 5.74) is 6.75. The molecule has 0 spiro atoms. The summed E-state index contributed by atoms with van der Waals surface area (Å²) in [4.78, 5) is 37.0. The lowest BCUT2D eigenvalue weighted by atomic mass is 10.0. The summed E-state index contributed by atoms with van der Waals surface area (Å²) < 4.78 is 16.5. The molecular weight excluding hydrogens is 897 g/mol. The van der Waals surface area contributed by atoms with Crippen molar-refractivity contribution in [3.05, 3.63) is 108 Å². The van der Waals surface area contributed by atoms with E-state index in [2.05, 4.69) is 194 Å². The smallest absolute Gasteiger partial charge is 0.333 e. The highest BCUT2D eigenvalue weighted by atomic mass is 16.5. The summed E-state index contributed by atoms with van der Waals surface area (Å²) >= 11 is 0. The first-order chi connectivity index (χ1) is 33.5. The Morgan fingerprint density at radius 3 is 1.28 bits per heavy atom. The lowest BCUT2D eigenvalue weighted by molar-refractivity contribution is -0.139. The lowest BCUT2D eigenvalue weighted by Gasteiger charge is -2.42. The van der Waals surface area contributed by atoms with Crippen molar-refractivity contribution in [2.75, 3.05) is 112 Å². The van der Waals surface area contributed by atoms with Gasteiger partial charge in [-0.1, -0.05) is 87.0 Å². The van der Waals surface area contributed by atoms with Crippen molar-refractivity contribution in [2.24, 2.45) is 0 Å². The number of nitrogens with zero attached hydrogens (tertiary/aromatic N) is 6. The molecule has 2 fully saturated rings. The van der Waals surface area contributed by atoms with Crippen LogP contribution in [0.4, 0.5) is 0 Å². The molecule has 408 valence electrons. The van der Waals surface area contributed by atoms with E-state index in [0.717, 1.165) is 109 Å². The number of hydrogen-bond acceptors (Lipinski definition) is 11. The second kappa shape index (κ2) is 33.2. The number of piperazine rings is 2. The molecule has 0 unspecified atom stereocenters. The molecule has 0 amide bonds. The Balaban J connectivity index is 0.000000486. The lowest BCUT2D eigenvalue weighted by Crippen LogP contribution is -2.53. The van der Waals surface area contributed by atoms with Crippen LogP contribution < -0.4 is 0 Å². The molecule has 2 saturated heterocycles. The van der Waals surface area contributed by atoms with Crippen LogP contribution >= 0.6 is 0 Å². The normalized spacial score (nSPS) is 15.3. The Bertz CT molecular complexity index is 1870. The van der Waals surface area contributed by atoms with Gasteiger partial charge in [0.1, 0.15) is 6.61 Å². The van der Waals surface area contributed by atoms with Crippen LogP contribution in [0.15, 0.2) is 86.0 Å². The van der Waals surface area contributed by atoms with Crippen LogP contribution in [-0.4, -0.2) is 176 Å². The van der Waals surface area contributed by atoms with Crippen molar-refractivity contribution in [1.29, 1.82) is 0 Å². The number of hydrogen-bond donors (Lipinski definition) is 0. The van der Waals surface area contributed by atoms with Gasteiger partial charge in [0.05, 0.1) is 26.4 Å². The van der Waals surface area contributed by atoms with Crippen LogP contribution in [0.1, 0.15) is 132 Å². The minimum Gasteiger partial charge on any atom is -0.461 e. The average molecular weight is 1000 g/mol. The molecule has 0 aliphatic carbocycles. The molecule has 0 radical (unpaired) electrons. The quantitative estimate of drug-likeness (QED) is 0.0681. The Kier molecular flexibility index (Phi) is 30.5. The van der Waals surface area contributed by atoms with E-state index in [9.17, 15) is 9.59 Å². The maximum Gasteiger partial charge on any atom is 0.333 e. The highest BCUT2D eigenvalue weighted by molar-refractivity contribution is 5.94. The number of carbonyl (C=O) groups is 2. The molecule has 2 aromatic rings. The summed E-state index contributed by atoms with van der Waals surface area (Å²) in [6.45, 7) is 61.1. The van der Waals surface area contributed by atoms with Crippen molar-refractivity contribution >= 4 is 23.9 Å². The summed E-state index contributed by atoms with van der Waals surface area (Å²) in [6, 6.07) is 16.7. The van der Waals surface area contributed by atoms with Crippen LogP contribution in [0.3, 0.4) is 0 Å². The van der Waals surface area contributed by atoms with Crippen molar-refractivity contribution in [1.82, 2.24) is 29.4 Å². The van der Waals surface area contributed by atoms with Gasteiger partial charge in [0.15, 0.2) is 5.78 Å². The number of rotatable bonds is 21. The Morgan fingerprint density at radius 2 is 0.931 bits per heavy atom. The maximum atomic E-state index is 11.4. The predicted molar refractivity (Wildman–Crippen MR) is 308 cm³/mol. The number of allylic oxidation sites excluding steroid dienone is 1. The predicted octanol–water partition coefficient (Wildman–Crippen LogP) is 11.0. The Morgan fingerprint density at radius 1 is 0.556 bits per heavy atom. The van der Waals surface area contributed by atoms with E-state index in [4.69, 9.17) is 14.2 Å². The number of ether oxygens (including phenoxy) is 3. The third-order valence-electron chi connectivity index (χ3n) is 13.4. The van der Waals surface area contributed by atoms with Crippen LogP contribution in [0.5, 0.6) is 0 Å². The second-order valence-corrected chi connectivity index (χ2v) is 23.4. The van der Waals surface area contributed by atoms with Gasteiger partial charge in [0.25, 0.3) is 0 Å². The third-order valence-corrected chi connectivity index (χ3v) is 13.4. The largest absolute Gasteiger partial charge is 0.461 e. The van der Waals surface area contributed by atoms with Gasteiger partial charge in [0.2, 0.25) is 0 Å². The highest BCUT2D eigenvalue weighted by Crippen LogP contribution is 2.18. The van der Waals surface area contributed by atoms with Crippen molar-refractivity contribution in [3.8, 4) is 0 Å². The van der Waals surface area contributed by atoms with Crippen LogP contribution in [-0.2, 0) is 37.0 Å². The molecule has 2 heterocycles. The zero-order valence-electron chi connectivity index (χ0n) is 48.8. The van der Waals surface area contributed by atoms with Crippen molar-refractivity contribution < 1.29 is 23.8 Å². The molecule has 2 aliphatic heterocycles. The van der Waals surface area contributed by atoms with Gasteiger partial charge in [-0.05, 0) is 152 Å². The van der Waals surface area contributed by atoms with E-state index < -0.39 is 0 Å². The minimum absolute atomic E-state index is 0.107. The molecule has 0 aromatic heterocycles. The van der Waals surface area contributed by atoms with E-state index in [-0.39, 0.29) is 28.4 Å². The summed E-state index contributed by atoms with van der Waals surface area (Å²) in [5, 5.41) is 0. The monoisotopic (exact) mass is 1000 g/mol. The number of esters is 1. The molecule has 0 atom stereocenters. The minimum atomic E-state index is -0.313. The van der Waals surface area contributed by atoms with Crippen LogP contribution in [0, 0.1) is 0 Å². The zero-order chi connectivity index (χ0) is 54.7. The maximum absolute atomic E-state index is 11.4. The number of benzene rings is 2. The molecule has 2 aliphatic rings. The topological polar surface area (TPSA) is 81.3 Å². The van der Waals surface area contributed by atoms with Gasteiger partial charge in [-0.15, -0.1) is 0 Å². The third kappa shape index (κ3) is 29.2. The average Bonchev–Trinajstić information content (AvgIpc) is 3.31. The first-order valence-electron chi connectivity index (χ1n) is 26.4. The number of likely N-dealkylation sites (N-methyl/N-ethyl adjacent to an activating group) is 2. The SMILES string of the molecule is C=C(C)C(=O)CCCN1CCN(C(C)(C)C)CC1.C=C(C)C(=O)OCCN(C)C(C)(C)C.C=Cc1ccc(COCCN(C)C(C)(C)C)cc1.C=Cc1ccc(COCCN2CCN(C(C)(C)C)CC2)cc1. The Hall–Kier alpha value is -3.78. The van der Waals surface area contributed by atoms with Gasteiger partial charge in [-0.25, -0.2) is 4.79 Å². The van der Waals surface area contributed by atoms with E-state index in [0.29, 0.717) is 42.9 Å². The molecular formula is C61H104N6O5. The van der Waals surface area contributed by atoms with Crippen molar-refractivity contribution in [2.45, 2.75) is 145 Å². The van der Waals surface area contributed by atoms with E-state index >= 15 is 0 Å². The molecule has 0 bridgehead atoms. The Labute approximate surface area is 441 Å². The second-order valence-electron chi connectivity index (χ2n) is 23.4. The number of Topliss-reactive ketones (excluding diaryl/α,β-unsaturated/α-hetero) is 1. The molecule has 0 N–H and O–H groups in total. The molecule has 0 saturated carbocycles. The zero-order valence-corrected chi connectivity index (χ0v) is 48.8. The van der Waals surface area contributed by atoms with Gasteiger partial charge >= 0.3 is 5.97 Å². The standard InChI is InChI=1S/C19H30N2O.C16H25NO.C15H28N2O.C11H21NO2/c1-5-17-6-8-18(9-7-17)16-22-15-14-20-10-12-21(13-11-20)19(2,3)4;1-6-14-7-9-15(10-8-14)13-18-12-11-17(5)16(2,3)4;1-13(2)14(18)7-6-8-16-9-11-17(12-10-16)15(3,4)5;1-9(2)10(13)14-8-7-12(6)11(3,4)5/h5-9H,1,10-16H2,2-4H3;6-10H,1,11-13H2,2-5H3;1,6-12H2,2-5H3;1,7-8H2,2-6H3. The van der Waals surface area contributed by atoms with Crippen molar-refractivity contribution in [3.63, 3.8) is 0 Å². The van der Waals surface area contributed by atoms with Crippen LogP contribution in [0.2, 0.25) is 0 Å². The fourth-order valence-electron chi connectivity index (χ4n) is 7.31. The molecule has 2 aromatic carbocycles. The van der Waals surface area contributed by atoms with E-state index in [1.54, 1.807) is 13.8 Å². The van der Waals surface area contributed by atoms with Gasteiger partial charge in [0, 0.05) is 106 Å². The first kappa shape index (κ1) is 66.2. The molecule has 4 rings (SSSR count). The molecule has 11 heteroatoms. The van der Waals surface area contributed by atoms with Gasteiger partial charge in [-0.2, -0.15) is 0 Å². The van der Waals surface area contributed by atoms with E-state index in [1.165, 1.54) is 11.1 Å².